The minimum Gasteiger partial charge on any atom is -0.330 e. The Morgan fingerprint density at radius 2 is 2.22 bits per heavy atom. The van der Waals surface area contributed by atoms with Gasteiger partial charge in [0.15, 0.2) is 5.82 Å². The zero-order valence-corrected chi connectivity index (χ0v) is 10.4. The molecule has 4 nitrogen and oxygen atoms in total. The van der Waals surface area contributed by atoms with Crippen molar-refractivity contribution in [3.8, 4) is 0 Å². The van der Waals surface area contributed by atoms with E-state index < -0.39 is 0 Å². The molecule has 4 heteroatoms. The summed E-state index contributed by atoms with van der Waals surface area (Å²) in [7, 11) is 0. The average molecular weight is 242 g/mol. The van der Waals surface area contributed by atoms with Crippen LogP contribution in [0.3, 0.4) is 0 Å². The standard InChI is InChI=1S/C14H18N4/c15-9-3-6-13-16-14(18-17-13)12-8-7-10-4-1-2-5-11(10)12/h1-2,4-5,12H,3,6-9,15H2,(H,16,17,18). The number of hydrogen-bond donors (Lipinski definition) is 2. The van der Waals surface area contributed by atoms with Crippen LogP contribution < -0.4 is 5.73 Å². The first-order valence-corrected chi connectivity index (χ1v) is 6.57. The number of rotatable bonds is 4. The zero-order valence-electron chi connectivity index (χ0n) is 10.4. The van der Waals surface area contributed by atoms with E-state index in [1.807, 2.05) is 0 Å². The molecule has 0 spiro atoms. The molecule has 0 saturated carbocycles. The highest BCUT2D eigenvalue weighted by atomic mass is 15.2. The molecule has 3 N–H and O–H groups in total. The van der Waals surface area contributed by atoms with Crippen LogP contribution in [0.25, 0.3) is 0 Å². The largest absolute Gasteiger partial charge is 0.330 e. The van der Waals surface area contributed by atoms with Crippen molar-refractivity contribution in [1.82, 2.24) is 15.2 Å². The van der Waals surface area contributed by atoms with E-state index in [4.69, 9.17) is 5.73 Å². The van der Waals surface area contributed by atoms with Gasteiger partial charge < -0.3 is 5.73 Å². The third-order valence-corrected chi connectivity index (χ3v) is 3.61. The van der Waals surface area contributed by atoms with E-state index in [2.05, 4.69) is 39.4 Å². The number of benzene rings is 1. The molecule has 3 rings (SSSR count). The fourth-order valence-corrected chi connectivity index (χ4v) is 2.67. The normalized spacial score (nSPS) is 17.9. The van der Waals surface area contributed by atoms with E-state index >= 15 is 0 Å². The van der Waals surface area contributed by atoms with E-state index in [-0.39, 0.29) is 0 Å². The fraction of sp³-hybridized carbons (Fsp3) is 0.429. The Morgan fingerprint density at radius 3 is 3.11 bits per heavy atom. The molecular formula is C14H18N4. The van der Waals surface area contributed by atoms with Crippen molar-refractivity contribution in [1.29, 1.82) is 0 Å². The van der Waals surface area contributed by atoms with E-state index in [1.54, 1.807) is 0 Å². The van der Waals surface area contributed by atoms with Gasteiger partial charge in [-0.3, -0.25) is 5.10 Å². The molecule has 94 valence electrons. The van der Waals surface area contributed by atoms with Crippen LogP contribution in [0.2, 0.25) is 0 Å². The van der Waals surface area contributed by atoms with Crippen molar-refractivity contribution >= 4 is 0 Å². The van der Waals surface area contributed by atoms with Gasteiger partial charge in [0.25, 0.3) is 0 Å². The third-order valence-electron chi connectivity index (χ3n) is 3.61. The summed E-state index contributed by atoms with van der Waals surface area (Å²) in [6.45, 7) is 0.697. The van der Waals surface area contributed by atoms with Gasteiger partial charge in [0.2, 0.25) is 0 Å². The molecule has 1 heterocycles. The second-order valence-electron chi connectivity index (χ2n) is 4.82. The Balaban J connectivity index is 1.82. The molecule has 0 radical (unpaired) electrons. The van der Waals surface area contributed by atoms with Gasteiger partial charge in [-0.2, -0.15) is 5.10 Å². The summed E-state index contributed by atoms with van der Waals surface area (Å²) in [5, 5.41) is 7.40. The van der Waals surface area contributed by atoms with Crippen LogP contribution in [0, 0.1) is 0 Å². The minimum atomic E-state index is 0.365. The summed E-state index contributed by atoms with van der Waals surface area (Å²) in [6.07, 6.45) is 4.09. The maximum atomic E-state index is 5.51. The molecule has 0 amide bonds. The van der Waals surface area contributed by atoms with Crippen LogP contribution in [-0.2, 0) is 12.8 Å². The van der Waals surface area contributed by atoms with Crippen molar-refractivity contribution in [2.45, 2.75) is 31.6 Å². The molecule has 1 unspecified atom stereocenters. The molecule has 1 aromatic heterocycles. The van der Waals surface area contributed by atoms with Crippen molar-refractivity contribution in [3.63, 3.8) is 0 Å². The van der Waals surface area contributed by atoms with Gasteiger partial charge in [0, 0.05) is 12.3 Å². The highest BCUT2D eigenvalue weighted by molar-refractivity contribution is 5.38. The number of fused-ring (bicyclic) bond motifs is 1. The van der Waals surface area contributed by atoms with Gasteiger partial charge in [-0.25, -0.2) is 4.98 Å². The summed E-state index contributed by atoms with van der Waals surface area (Å²) in [5.41, 5.74) is 8.34. The van der Waals surface area contributed by atoms with Crippen molar-refractivity contribution in [3.05, 3.63) is 47.0 Å². The first-order chi connectivity index (χ1) is 8.88. The Kier molecular flexibility index (Phi) is 3.11. The molecule has 2 aromatic rings. The van der Waals surface area contributed by atoms with Crippen LogP contribution in [0.5, 0.6) is 0 Å². The minimum absolute atomic E-state index is 0.365. The number of nitrogens with one attached hydrogen (secondary N) is 1. The van der Waals surface area contributed by atoms with Crippen molar-refractivity contribution in [2.75, 3.05) is 6.54 Å². The smallest absolute Gasteiger partial charge is 0.158 e. The van der Waals surface area contributed by atoms with E-state index in [0.717, 1.165) is 37.3 Å². The fourth-order valence-electron chi connectivity index (χ4n) is 2.67. The van der Waals surface area contributed by atoms with Crippen LogP contribution in [-0.4, -0.2) is 21.7 Å². The number of nitrogens with two attached hydrogens (primary N) is 1. The van der Waals surface area contributed by atoms with E-state index in [9.17, 15) is 0 Å². The first-order valence-electron chi connectivity index (χ1n) is 6.57. The molecular weight excluding hydrogens is 224 g/mol. The Bertz CT molecular complexity index is 532. The Hall–Kier alpha value is -1.68. The van der Waals surface area contributed by atoms with Crippen LogP contribution in [0.15, 0.2) is 24.3 Å². The summed E-state index contributed by atoms with van der Waals surface area (Å²) >= 11 is 0. The van der Waals surface area contributed by atoms with Gasteiger partial charge >= 0.3 is 0 Å². The van der Waals surface area contributed by atoms with Gasteiger partial charge in [0.1, 0.15) is 5.82 Å². The van der Waals surface area contributed by atoms with Crippen molar-refractivity contribution in [2.24, 2.45) is 5.73 Å². The second-order valence-corrected chi connectivity index (χ2v) is 4.82. The summed E-state index contributed by atoms with van der Waals surface area (Å²) in [6, 6.07) is 8.60. The highest BCUT2D eigenvalue weighted by Gasteiger charge is 2.26. The number of aromatic amines is 1. The maximum absolute atomic E-state index is 5.51. The monoisotopic (exact) mass is 242 g/mol. The predicted octanol–water partition coefficient (Wildman–Crippen LogP) is 1.77. The lowest BCUT2D eigenvalue weighted by atomic mass is 10.0. The summed E-state index contributed by atoms with van der Waals surface area (Å²) < 4.78 is 0. The van der Waals surface area contributed by atoms with E-state index in [0.29, 0.717) is 12.5 Å². The molecule has 0 fully saturated rings. The molecule has 0 aliphatic heterocycles. The van der Waals surface area contributed by atoms with Gasteiger partial charge in [-0.15, -0.1) is 0 Å². The first kappa shape index (κ1) is 11.4. The zero-order chi connectivity index (χ0) is 12.4. The number of H-pyrrole nitrogens is 1. The Morgan fingerprint density at radius 1 is 1.33 bits per heavy atom. The molecule has 0 saturated heterocycles. The number of hydrogen-bond acceptors (Lipinski definition) is 3. The summed E-state index contributed by atoms with van der Waals surface area (Å²) in [4.78, 5) is 4.61. The number of aryl methyl sites for hydroxylation is 2. The lowest BCUT2D eigenvalue weighted by Crippen LogP contribution is -2.02. The number of aromatic nitrogens is 3. The number of nitrogens with zero attached hydrogens (tertiary/aromatic N) is 2. The lowest BCUT2D eigenvalue weighted by molar-refractivity contribution is 0.731. The SMILES string of the molecule is NCCCc1nc(C2CCc3ccccc32)n[nH]1. The quantitative estimate of drug-likeness (QED) is 0.858. The van der Waals surface area contributed by atoms with Crippen LogP contribution in [0.4, 0.5) is 0 Å². The van der Waals surface area contributed by atoms with Gasteiger partial charge in [0.05, 0.1) is 0 Å². The molecule has 0 bridgehead atoms. The average Bonchev–Trinajstić information content (AvgIpc) is 3.02. The predicted molar refractivity (Wildman–Crippen MR) is 70.4 cm³/mol. The molecule has 1 atom stereocenters. The second kappa shape index (κ2) is 4.90. The maximum Gasteiger partial charge on any atom is 0.158 e. The third kappa shape index (κ3) is 2.04. The molecule has 18 heavy (non-hydrogen) atoms. The molecule has 1 aliphatic carbocycles. The van der Waals surface area contributed by atoms with Gasteiger partial charge in [-0.1, -0.05) is 24.3 Å². The van der Waals surface area contributed by atoms with Crippen LogP contribution in [0.1, 0.15) is 41.5 Å². The Labute approximate surface area is 107 Å². The molecule has 1 aromatic carbocycles. The topological polar surface area (TPSA) is 67.6 Å². The summed E-state index contributed by atoms with van der Waals surface area (Å²) in [5.74, 6) is 2.26. The van der Waals surface area contributed by atoms with Crippen molar-refractivity contribution < 1.29 is 0 Å². The molecule has 1 aliphatic rings. The van der Waals surface area contributed by atoms with Gasteiger partial charge in [-0.05, 0) is 36.9 Å². The van der Waals surface area contributed by atoms with E-state index in [1.165, 1.54) is 11.1 Å². The highest BCUT2D eigenvalue weighted by Crippen LogP contribution is 2.36. The van der Waals surface area contributed by atoms with Crippen LogP contribution >= 0.6 is 0 Å². The lowest BCUT2D eigenvalue weighted by Gasteiger charge is -2.06.